The van der Waals surface area contributed by atoms with Gasteiger partial charge in [0.1, 0.15) is 11.0 Å². The van der Waals surface area contributed by atoms with Gasteiger partial charge in [0.2, 0.25) is 0 Å². The van der Waals surface area contributed by atoms with Gasteiger partial charge in [0, 0.05) is 32.1 Å². The van der Waals surface area contributed by atoms with Crippen LogP contribution < -0.4 is 5.32 Å². The molecule has 2 aliphatic heterocycles. The number of hydrogen-bond acceptors (Lipinski definition) is 3. The van der Waals surface area contributed by atoms with E-state index in [9.17, 15) is 18.0 Å². The number of carbonyl (C=O) groups is 1. The Labute approximate surface area is 110 Å². The number of fused-ring (bicyclic) bond motifs is 1. The van der Waals surface area contributed by atoms with Crippen LogP contribution in [0.25, 0.3) is 0 Å². The summed E-state index contributed by atoms with van der Waals surface area (Å²) in [4.78, 5) is 13.1. The number of nitrogens with one attached hydrogen (secondary N) is 1. The zero-order chi connectivity index (χ0) is 14.5. The minimum atomic E-state index is -4.31. The molecule has 7 heteroatoms. The maximum Gasteiger partial charge on any atom is 0.410 e. The van der Waals surface area contributed by atoms with Crippen LogP contribution in [0.3, 0.4) is 0 Å². The smallest absolute Gasteiger partial charge is 0.410 e. The summed E-state index contributed by atoms with van der Waals surface area (Å²) < 4.78 is 44.9. The Morgan fingerprint density at radius 2 is 2.00 bits per heavy atom. The van der Waals surface area contributed by atoms with Gasteiger partial charge in [-0.25, -0.2) is 4.79 Å². The SMILES string of the molecule is CC(C)(C)OC(=O)N1C[C@H]2CNC[C@@]2(C(F)(F)F)C1. The van der Waals surface area contributed by atoms with Crippen molar-refractivity contribution in [3.63, 3.8) is 0 Å². The van der Waals surface area contributed by atoms with Crippen molar-refractivity contribution in [1.82, 2.24) is 10.2 Å². The van der Waals surface area contributed by atoms with Crippen molar-refractivity contribution in [1.29, 1.82) is 0 Å². The fourth-order valence-corrected chi connectivity index (χ4v) is 2.79. The van der Waals surface area contributed by atoms with Crippen molar-refractivity contribution in [3.8, 4) is 0 Å². The Morgan fingerprint density at radius 3 is 2.47 bits per heavy atom. The number of alkyl halides is 3. The first-order valence-corrected chi connectivity index (χ1v) is 6.30. The summed E-state index contributed by atoms with van der Waals surface area (Å²) in [6, 6.07) is 0. The van der Waals surface area contributed by atoms with Gasteiger partial charge in [0.25, 0.3) is 0 Å². The highest BCUT2D eigenvalue weighted by atomic mass is 19.4. The molecule has 0 aliphatic carbocycles. The molecule has 0 aromatic rings. The molecule has 1 amide bonds. The lowest BCUT2D eigenvalue weighted by molar-refractivity contribution is -0.220. The van der Waals surface area contributed by atoms with Gasteiger partial charge < -0.3 is 15.0 Å². The third-order valence-corrected chi connectivity index (χ3v) is 3.74. The maximum atomic E-state index is 13.3. The molecular weight excluding hydrogens is 261 g/mol. The lowest BCUT2D eigenvalue weighted by Gasteiger charge is -2.30. The van der Waals surface area contributed by atoms with Crippen molar-refractivity contribution >= 4 is 6.09 Å². The van der Waals surface area contributed by atoms with E-state index in [0.29, 0.717) is 6.54 Å². The van der Waals surface area contributed by atoms with Crippen LogP contribution >= 0.6 is 0 Å². The molecule has 2 rings (SSSR count). The summed E-state index contributed by atoms with van der Waals surface area (Å²) in [5.41, 5.74) is -2.51. The van der Waals surface area contributed by atoms with Crippen molar-refractivity contribution < 1.29 is 22.7 Å². The average molecular weight is 280 g/mol. The summed E-state index contributed by atoms with van der Waals surface area (Å²) in [7, 11) is 0. The predicted molar refractivity (Wildman–Crippen MR) is 62.7 cm³/mol. The number of rotatable bonds is 0. The van der Waals surface area contributed by atoms with Crippen LogP contribution in [0, 0.1) is 11.3 Å². The Kier molecular flexibility index (Phi) is 3.24. The van der Waals surface area contributed by atoms with Crippen molar-refractivity contribution in [2.45, 2.75) is 32.5 Å². The van der Waals surface area contributed by atoms with Gasteiger partial charge in [-0.15, -0.1) is 0 Å². The fourth-order valence-electron chi connectivity index (χ4n) is 2.79. The number of carbonyl (C=O) groups excluding carboxylic acids is 1. The Bertz CT molecular complexity index is 378. The number of ether oxygens (including phenoxy) is 1. The lowest BCUT2D eigenvalue weighted by atomic mass is 9.80. The highest BCUT2D eigenvalue weighted by molar-refractivity contribution is 5.68. The molecule has 2 aliphatic rings. The average Bonchev–Trinajstić information content (AvgIpc) is 2.68. The molecule has 2 heterocycles. The topological polar surface area (TPSA) is 41.6 Å². The number of likely N-dealkylation sites (tertiary alicyclic amines) is 1. The molecule has 0 radical (unpaired) electrons. The van der Waals surface area contributed by atoms with Crippen molar-refractivity contribution in [3.05, 3.63) is 0 Å². The molecule has 2 atom stereocenters. The Hall–Kier alpha value is -0.980. The monoisotopic (exact) mass is 280 g/mol. The molecule has 0 saturated carbocycles. The van der Waals surface area contributed by atoms with Gasteiger partial charge in [0.05, 0.1) is 0 Å². The van der Waals surface area contributed by atoms with E-state index in [2.05, 4.69) is 5.32 Å². The second-order valence-electron chi connectivity index (χ2n) is 6.34. The lowest BCUT2D eigenvalue weighted by Crippen LogP contribution is -2.46. The van der Waals surface area contributed by atoms with Crippen LogP contribution in [-0.2, 0) is 4.74 Å². The highest BCUT2D eigenvalue weighted by Crippen LogP contribution is 2.50. The Morgan fingerprint density at radius 1 is 1.37 bits per heavy atom. The summed E-state index contributed by atoms with van der Waals surface area (Å²) >= 11 is 0. The largest absolute Gasteiger partial charge is 0.444 e. The van der Waals surface area contributed by atoms with E-state index < -0.39 is 29.2 Å². The second kappa shape index (κ2) is 4.26. The summed E-state index contributed by atoms with van der Waals surface area (Å²) in [6.45, 7) is 5.04. The number of halogens is 3. The van der Waals surface area contributed by atoms with E-state index in [4.69, 9.17) is 4.74 Å². The van der Waals surface area contributed by atoms with Crippen LogP contribution in [-0.4, -0.2) is 48.9 Å². The van der Waals surface area contributed by atoms with Gasteiger partial charge in [-0.2, -0.15) is 13.2 Å². The van der Waals surface area contributed by atoms with Crippen LogP contribution in [0.4, 0.5) is 18.0 Å². The van der Waals surface area contributed by atoms with Crippen LogP contribution in [0.5, 0.6) is 0 Å². The predicted octanol–water partition coefficient (Wildman–Crippen LogP) is 2.01. The minimum absolute atomic E-state index is 0.0986. The van der Waals surface area contributed by atoms with E-state index in [1.165, 1.54) is 4.90 Å². The second-order valence-corrected chi connectivity index (χ2v) is 6.34. The molecule has 0 aromatic heterocycles. The van der Waals surface area contributed by atoms with E-state index in [0.717, 1.165) is 0 Å². The molecular formula is C12H19F3N2O2. The van der Waals surface area contributed by atoms with Crippen LogP contribution in [0.2, 0.25) is 0 Å². The molecule has 19 heavy (non-hydrogen) atoms. The number of nitrogens with zero attached hydrogens (tertiary/aromatic N) is 1. The number of hydrogen-bond donors (Lipinski definition) is 1. The highest BCUT2D eigenvalue weighted by Gasteiger charge is 2.65. The standard InChI is InChI=1S/C12H19F3N2O2/c1-10(2,3)19-9(18)17-5-8-4-16-6-11(8,7-17)12(13,14)15/h8,16H,4-7H2,1-3H3/t8-,11-/m1/s1. The van der Waals surface area contributed by atoms with Crippen molar-refractivity contribution in [2.24, 2.45) is 11.3 Å². The first-order valence-electron chi connectivity index (χ1n) is 6.30. The molecule has 4 nitrogen and oxygen atoms in total. The van der Waals surface area contributed by atoms with Gasteiger partial charge in [-0.1, -0.05) is 0 Å². The van der Waals surface area contributed by atoms with Gasteiger partial charge >= 0.3 is 12.3 Å². The molecule has 110 valence electrons. The molecule has 0 unspecified atom stereocenters. The molecule has 0 aromatic carbocycles. The molecule has 0 spiro atoms. The summed E-state index contributed by atoms with van der Waals surface area (Å²) in [5.74, 6) is -0.583. The first kappa shape index (κ1) is 14.4. The molecule has 0 bridgehead atoms. The maximum absolute atomic E-state index is 13.3. The normalized spacial score (nSPS) is 31.5. The fraction of sp³-hybridized carbons (Fsp3) is 0.917. The zero-order valence-corrected chi connectivity index (χ0v) is 11.3. The minimum Gasteiger partial charge on any atom is -0.444 e. The molecule has 2 fully saturated rings. The quantitative estimate of drug-likeness (QED) is 0.738. The third-order valence-electron chi connectivity index (χ3n) is 3.74. The zero-order valence-electron chi connectivity index (χ0n) is 11.3. The van der Waals surface area contributed by atoms with Crippen LogP contribution in [0.15, 0.2) is 0 Å². The van der Waals surface area contributed by atoms with Crippen molar-refractivity contribution in [2.75, 3.05) is 26.2 Å². The molecule has 2 saturated heterocycles. The van der Waals surface area contributed by atoms with Gasteiger partial charge in [-0.05, 0) is 20.8 Å². The van der Waals surface area contributed by atoms with E-state index in [1.807, 2.05) is 0 Å². The first-order chi connectivity index (χ1) is 8.55. The van der Waals surface area contributed by atoms with E-state index >= 15 is 0 Å². The number of amides is 1. The summed E-state index contributed by atoms with van der Waals surface area (Å²) in [5, 5.41) is 2.78. The van der Waals surface area contributed by atoms with Crippen LogP contribution in [0.1, 0.15) is 20.8 Å². The van der Waals surface area contributed by atoms with Gasteiger partial charge in [0.15, 0.2) is 0 Å². The molecule has 1 N–H and O–H groups in total. The van der Waals surface area contributed by atoms with E-state index in [1.54, 1.807) is 20.8 Å². The summed E-state index contributed by atoms with van der Waals surface area (Å²) in [6.07, 6.45) is -4.97. The van der Waals surface area contributed by atoms with Gasteiger partial charge in [-0.3, -0.25) is 0 Å². The van der Waals surface area contributed by atoms with E-state index in [-0.39, 0.29) is 19.6 Å². The Balaban J connectivity index is 2.12. The third kappa shape index (κ3) is 2.52.